The second-order valence-corrected chi connectivity index (χ2v) is 6.37. The van der Waals surface area contributed by atoms with E-state index >= 15 is 0 Å². The number of aryl methyl sites for hydroxylation is 1. The molecule has 3 aromatic rings. The monoisotopic (exact) mass is 307 g/mol. The van der Waals surface area contributed by atoms with E-state index in [1.54, 1.807) is 11.3 Å². The van der Waals surface area contributed by atoms with Gasteiger partial charge in [0.25, 0.3) is 0 Å². The first kappa shape index (κ1) is 13.5. The lowest BCUT2D eigenvalue weighted by molar-refractivity contribution is 0.686. The Balaban J connectivity index is 1.57. The molecular weight excluding hydrogens is 290 g/mol. The Hall–Kier alpha value is -2.20. The zero-order valence-corrected chi connectivity index (χ0v) is 13.1. The van der Waals surface area contributed by atoms with Crippen molar-refractivity contribution in [3.63, 3.8) is 0 Å². The van der Waals surface area contributed by atoms with Crippen LogP contribution in [0.25, 0.3) is 10.7 Å². The predicted molar refractivity (Wildman–Crippen MR) is 91.2 cm³/mol. The molecule has 0 N–H and O–H groups in total. The van der Waals surface area contributed by atoms with E-state index in [2.05, 4.69) is 39.5 Å². The van der Waals surface area contributed by atoms with Crippen molar-refractivity contribution in [1.29, 1.82) is 0 Å². The van der Waals surface area contributed by atoms with Crippen LogP contribution in [0.15, 0.2) is 54.0 Å². The van der Waals surface area contributed by atoms with Gasteiger partial charge in [-0.25, -0.2) is 4.98 Å². The van der Waals surface area contributed by atoms with Gasteiger partial charge in [0.2, 0.25) is 0 Å². The van der Waals surface area contributed by atoms with Crippen LogP contribution >= 0.6 is 11.3 Å². The lowest BCUT2D eigenvalue weighted by Gasteiger charge is -2.30. The van der Waals surface area contributed by atoms with Crippen molar-refractivity contribution < 1.29 is 0 Å². The molecule has 0 amide bonds. The minimum absolute atomic E-state index is 0.875. The number of fused-ring (bicyclic) bond motifs is 1. The normalized spacial score (nSPS) is 13.9. The first-order valence-corrected chi connectivity index (χ1v) is 8.47. The van der Waals surface area contributed by atoms with E-state index in [0.717, 1.165) is 29.5 Å². The number of para-hydroxylation sites is 1. The summed E-state index contributed by atoms with van der Waals surface area (Å²) in [6, 6.07) is 14.7. The van der Waals surface area contributed by atoms with E-state index in [9.17, 15) is 0 Å². The molecule has 0 atom stereocenters. The second-order valence-electron chi connectivity index (χ2n) is 5.51. The van der Waals surface area contributed by atoms with Crippen LogP contribution in [0.4, 0.5) is 5.69 Å². The van der Waals surface area contributed by atoms with Crippen LogP contribution in [0, 0.1) is 0 Å². The van der Waals surface area contributed by atoms with E-state index in [1.165, 1.54) is 24.1 Å². The third-order valence-corrected chi connectivity index (χ3v) is 4.91. The lowest BCUT2D eigenvalue weighted by Crippen LogP contribution is -2.28. The highest BCUT2D eigenvalue weighted by atomic mass is 32.1. The standard InChI is InChI=1S/C18H17N3S/c1-2-9-17-14(6-1)7-5-11-21(17)12-15-13-22-18(20-15)16-8-3-4-10-19-16/h1-4,6,8-10,13H,5,7,11-12H2. The Morgan fingerprint density at radius 3 is 2.91 bits per heavy atom. The Labute approximate surface area is 134 Å². The third kappa shape index (κ3) is 2.62. The largest absolute Gasteiger partial charge is 0.365 e. The molecule has 4 heteroatoms. The minimum Gasteiger partial charge on any atom is -0.365 e. The van der Waals surface area contributed by atoms with Gasteiger partial charge in [0, 0.05) is 23.8 Å². The van der Waals surface area contributed by atoms with Gasteiger partial charge in [0.15, 0.2) is 0 Å². The highest BCUT2D eigenvalue weighted by Crippen LogP contribution is 2.29. The van der Waals surface area contributed by atoms with Gasteiger partial charge in [-0.3, -0.25) is 4.98 Å². The van der Waals surface area contributed by atoms with Crippen molar-refractivity contribution in [1.82, 2.24) is 9.97 Å². The Kier molecular flexibility index (Phi) is 3.60. The van der Waals surface area contributed by atoms with Crippen molar-refractivity contribution in [2.45, 2.75) is 19.4 Å². The average molecular weight is 307 g/mol. The summed E-state index contributed by atoms with van der Waals surface area (Å²) >= 11 is 1.67. The van der Waals surface area contributed by atoms with Crippen LogP contribution in [0.1, 0.15) is 17.7 Å². The SMILES string of the molecule is c1ccc(-c2nc(CN3CCCc4ccccc43)cs2)nc1. The number of rotatable bonds is 3. The molecule has 0 unspecified atom stereocenters. The van der Waals surface area contributed by atoms with E-state index in [-0.39, 0.29) is 0 Å². The zero-order chi connectivity index (χ0) is 14.8. The minimum atomic E-state index is 0.875. The Morgan fingerprint density at radius 1 is 1.09 bits per heavy atom. The molecular formula is C18H17N3S. The zero-order valence-electron chi connectivity index (χ0n) is 12.3. The Morgan fingerprint density at radius 2 is 2.00 bits per heavy atom. The molecule has 3 nitrogen and oxygen atoms in total. The van der Waals surface area contributed by atoms with Crippen LogP contribution in [0.5, 0.6) is 0 Å². The summed E-state index contributed by atoms with van der Waals surface area (Å²) in [4.78, 5) is 11.6. The number of anilines is 1. The molecule has 4 rings (SSSR count). The lowest BCUT2D eigenvalue weighted by atomic mass is 10.0. The summed E-state index contributed by atoms with van der Waals surface area (Å²) in [6.45, 7) is 1.98. The van der Waals surface area contributed by atoms with E-state index in [1.807, 2.05) is 24.4 Å². The fourth-order valence-corrected chi connectivity index (χ4v) is 3.74. The summed E-state index contributed by atoms with van der Waals surface area (Å²) in [5, 5.41) is 3.15. The predicted octanol–water partition coefficient (Wildman–Crippen LogP) is 4.16. The van der Waals surface area contributed by atoms with Crippen LogP contribution in [-0.2, 0) is 13.0 Å². The van der Waals surface area contributed by atoms with Crippen molar-refractivity contribution in [2.75, 3.05) is 11.4 Å². The van der Waals surface area contributed by atoms with Gasteiger partial charge in [0.05, 0.1) is 17.9 Å². The maximum absolute atomic E-state index is 4.76. The first-order valence-electron chi connectivity index (χ1n) is 7.59. The number of nitrogens with zero attached hydrogens (tertiary/aromatic N) is 3. The summed E-state index contributed by atoms with van der Waals surface area (Å²) in [5.74, 6) is 0. The number of hydrogen-bond donors (Lipinski definition) is 0. The van der Waals surface area contributed by atoms with Gasteiger partial charge in [-0.15, -0.1) is 11.3 Å². The van der Waals surface area contributed by atoms with E-state index in [0.29, 0.717) is 0 Å². The average Bonchev–Trinajstić information content (AvgIpc) is 3.05. The van der Waals surface area contributed by atoms with Crippen molar-refractivity contribution in [3.8, 4) is 10.7 Å². The van der Waals surface area contributed by atoms with Crippen molar-refractivity contribution >= 4 is 17.0 Å². The molecule has 1 aromatic carbocycles. The summed E-state index contributed by atoms with van der Waals surface area (Å²) < 4.78 is 0. The molecule has 0 fully saturated rings. The van der Waals surface area contributed by atoms with Crippen LogP contribution in [-0.4, -0.2) is 16.5 Å². The van der Waals surface area contributed by atoms with Gasteiger partial charge >= 0.3 is 0 Å². The van der Waals surface area contributed by atoms with E-state index < -0.39 is 0 Å². The van der Waals surface area contributed by atoms with Crippen LogP contribution in [0.3, 0.4) is 0 Å². The number of hydrogen-bond acceptors (Lipinski definition) is 4. The molecule has 0 radical (unpaired) electrons. The molecule has 1 aliphatic rings. The third-order valence-electron chi connectivity index (χ3n) is 4.00. The molecule has 2 aromatic heterocycles. The number of aromatic nitrogens is 2. The number of pyridine rings is 1. The maximum Gasteiger partial charge on any atom is 0.142 e. The quantitative estimate of drug-likeness (QED) is 0.727. The fraction of sp³-hybridized carbons (Fsp3) is 0.222. The molecule has 110 valence electrons. The summed E-state index contributed by atoms with van der Waals surface area (Å²) in [6.07, 6.45) is 4.22. The fourth-order valence-electron chi connectivity index (χ4n) is 2.96. The molecule has 1 aliphatic heterocycles. The molecule has 0 saturated heterocycles. The Bertz CT molecular complexity index is 767. The van der Waals surface area contributed by atoms with Gasteiger partial charge in [0.1, 0.15) is 5.01 Å². The van der Waals surface area contributed by atoms with Crippen molar-refractivity contribution in [3.05, 3.63) is 65.3 Å². The number of benzene rings is 1. The molecule has 0 bridgehead atoms. The van der Waals surface area contributed by atoms with Gasteiger partial charge in [-0.1, -0.05) is 24.3 Å². The van der Waals surface area contributed by atoms with E-state index in [4.69, 9.17) is 4.98 Å². The molecule has 0 spiro atoms. The molecule has 0 saturated carbocycles. The molecule has 22 heavy (non-hydrogen) atoms. The second kappa shape index (κ2) is 5.89. The summed E-state index contributed by atoms with van der Waals surface area (Å²) in [5.41, 5.74) is 4.90. The van der Waals surface area contributed by atoms with Gasteiger partial charge < -0.3 is 4.90 Å². The molecule has 3 heterocycles. The first-order chi connectivity index (χ1) is 10.9. The van der Waals surface area contributed by atoms with Crippen LogP contribution in [0.2, 0.25) is 0 Å². The van der Waals surface area contributed by atoms with Crippen molar-refractivity contribution in [2.24, 2.45) is 0 Å². The highest BCUT2D eigenvalue weighted by Gasteiger charge is 2.17. The van der Waals surface area contributed by atoms with Gasteiger partial charge in [-0.2, -0.15) is 0 Å². The smallest absolute Gasteiger partial charge is 0.142 e. The highest BCUT2D eigenvalue weighted by molar-refractivity contribution is 7.13. The topological polar surface area (TPSA) is 29.0 Å². The van der Waals surface area contributed by atoms with Crippen LogP contribution < -0.4 is 4.90 Å². The van der Waals surface area contributed by atoms with Gasteiger partial charge in [-0.05, 0) is 36.6 Å². The number of thiazole rings is 1. The maximum atomic E-state index is 4.76. The summed E-state index contributed by atoms with van der Waals surface area (Å²) in [7, 11) is 0. The molecule has 0 aliphatic carbocycles.